The Labute approximate surface area is 125 Å². The van der Waals surface area contributed by atoms with E-state index >= 15 is 0 Å². The summed E-state index contributed by atoms with van der Waals surface area (Å²) in [4.78, 5) is 26.7. The predicted molar refractivity (Wildman–Crippen MR) is 75.8 cm³/mol. The molecule has 0 aromatic carbocycles. The summed E-state index contributed by atoms with van der Waals surface area (Å²) in [5.41, 5.74) is 1.02. The van der Waals surface area contributed by atoms with E-state index in [1.807, 2.05) is 0 Å². The summed E-state index contributed by atoms with van der Waals surface area (Å²) >= 11 is 0. The molecule has 0 bridgehead atoms. The highest BCUT2D eigenvalue weighted by atomic mass is 16.4. The van der Waals surface area contributed by atoms with Crippen LogP contribution in [0.5, 0.6) is 5.75 Å². The van der Waals surface area contributed by atoms with Gasteiger partial charge in [-0.25, -0.2) is 9.50 Å². The van der Waals surface area contributed by atoms with Crippen LogP contribution < -0.4 is 5.32 Å². The van der Waals surface area contributed by atoms with Crippen LogP contribution >= 0.6 is 0 Å². The number of nitrogens with zero attached hydrogens (tertiary/aromatic N) is 3. The summed E-state index contributed by atoms with van der Waals surface area (Å²) in [7, 11) is 0. The summed E-state index contributed by atoms with van der Waals surface area (Å²) < 4.78 is 1.56. The summed E-state index contributed by atoms with van der Waals surface area (Å²) in [5.74, 6) is -1.76. The van der Waals surface area contributed by atoms with Crippen molar-refractivity contribution in [2.45, 2.75) is 31.6 Å². The standard InChI is InChI=1S/C14H16N4O4/c19-10-5-9(8-3-1-2-4-8)18-13(16-7-17-18)12(10)14(22)15-6-11(20)21/h5,7-8,19H,1-4,6H2,(H,15,22)(H,20,21). The van der Waals surface area contributed by atoms with Crippen LogP contribution in [0.4, 0.5) is 0 Å². The van der Waals surface area contributed by atoms with Crippen LogP contribution in [0.1, 0.15) is 47.7 Å². The van der Waals surface area contributed by atoms with E-state index in [9.17, 15) is 14.7 Å². The maximum Gasteiger partial charge on any atom is 0.322 e. The van der Waals surface area contributed by atoms with Gasteiger partial charge in [-0.3, -0.25) is 9.59 Å². The van der Waals surface area contributed by atoms with Crippen LogP contribution in [0.3, 0.4) is 0 Å². The number of hydrogen-bond donors (Lipinski definition) is 3. The lowest BCUT2D eigenvalue weighted by atomic mass is 10.0. The molecule has 0 radical (unpaired) electrons. The van der Waals surface area contributed by atoms with E-state index in [0.29, 0.717) is 0 Å². The van der Waals surface area contributed by atoms with Crippen molar-refractivity contribution in [2.24, 2.45) is 0 Å². The number of nitrogens with one attached hydrogen (secondary N) is 1. The van der Waals surface area contributed by atoms with E-state index in [-0.39, 0.29) is 22.9 Å². The zero-order valence-corrected chi connectivity index (χ0v) is 11.8. The SMILES string of the molecule is O=C(O)CNC(=O)c1c(O)cc(C2CCCC2)n2ncnc12. The molecule has 3 N–H and O–H groups in total. The fourth-order valence-electron chi connectivity index (χ4n) is 2.96. The number of carbonyl (C=O) groups is 2. The van der Waals surface area contributed by atoms with Crippen molar-refractivity contribution in [3.63, 3.8) is 0 Å². The predicted octanol–water partition coefficient (Wildman–Crippen LogP) is 0.907. The Morgan fingerprint density at radius 1 is 1.36 bits per heavy atom. The molecule has 8 heteroatoms. The van der Waals surface area contributed by atoms with Gasteiger partial charge in [-0.15, -0.1) is 0 Å². The van der Waals surface area contributed by atoms with E-state index in [2.05, 4.69) is 15.4 Å². The largest absolute Gasteiger partial charge is 0.507 e. The third-order valence-electron chi connectivity index (χ3n) is 3.96. The number of pyridine rings is 1. The van der Waals surface area contributed by atoms with E-state index < -0.39 is 18.4 Å². The van der Waals surface area contributed by atoms with E-state index in [1.165, 1.54) is 12.4 Å². The number of carbonyl (C=O) groups excluding carboxylic acids is 1. The maximum absolute atomic E-state index is 12.1. The molecule has 8 nitrogen and oxygen atoms in total. The van der Waals surface area contributed by atoms with Gasteiger partial charge < -0.3 is 15.5 Å². The van der Waals surface area contributed by atoms with Crippen molar-refractivity contribution in [3.8, 4) is 5.75 Å². The first kappa shape index (κ1) is 14.3. The van der Waals surface area contributed by atoms with Crippen LogP contribution in [-0.4, -0.2) is 43.2 Å². The Kier molecular flexibility index (Phi) is 3.66. The summed E-state index contributed by atoms with van der Waals surface area (Å²) in [6, 6.07) is 1.54. The molecule has 2 heterocycles. The van der Waals surface area contributed by atoms with Crippen molar-refractivity contribution in [1.29, 1.82) is 0 Å². The minimum absolute atomic E-state index is 0.0551. The Morgan fingerprint density at radius 2 is 2.09 bits per heavy atom. The molecule has 1 aliphatic rings. The second kappa shape index (κ2) is 5.63. The number of rotatable bonds is 4. The fraction of sp³-hybridized carbons (Fsp3) is 0.429. The quantitative estimate of drug-likeness (QED) is 0.773. The van der Waals surface area contributed by atoms with Crippen LogP contribution in [0.15, 0.2) is 12.4 Å². The molecule has 3 rings (SSSR count). The first-order chi connectivity index (χ1) is 10.6. The Morgan fingerprint density at radius 3 is 2.77 bits per heavy atom. The van der Waals surface area contributed by atoms with Gasteiger partial charge in [-0.05, 0) is 12.8 Å². The van der Waals surface area contributed by atoms with E-state index in [1.54, 1.807) is 4.52 Å². The first-order valence-corrected chi connectivity index (χ1v) is 7.13. The highest BCUT2D eigenvalue weighted by Gasteiger charge is 2.25. The average molecular weight is 304 g/mol. The molecule has 0 aliphatic heterocycles. The zero-order valence-electron chi connectivity index (χ0n) is 11.8. The first-order valence-electron chi connectivity index (χ1n) is 7.13. The molecule has 1 saturated carbocycles. The number of aromatic nitrogens is 3. The monoisotopic (exact) mass is 304 g/mol. The van der Waals surface area contributed by atoms with Gasteiger partial charge >= 0.3 is 5.97 Å². The van der Waals surface area contributed by atoms with Gasteiger partial charge in [0.15, 0.2) is 5.65 Å². The number of carboxylic acid groups (broad SMARTS) is 1. The van der Waals surface area contributed by atoms with Crippen molar-refractivity contribution in [1.82, 2.24) is 19.9 Å². The second-order valence-corrected chi connectivity index (χ2v) is 5.38. The van der Waals surface area contributed by atoms with Crippen LogP contribution in [0.2, 0.25) is 0 Å². The van der Waals surface area contributed by atoms with Crippen molar-refractivity contribution in [3.05, 3.63) is 23.7 Å². The van der Waals surface area contributed by atoms with E-state index in [4.69, 9.17) is 5.11 Å². The third kappa shape index (κ3) is 2.47. The van der Waals surface area contributed by atoms with Crippen LogP contribution in [0.25, 0.3) is 5.65 Å². The highest BCUT2D eigenvalue weighted by Crippen LogP contribution is 2.36. The Balaban J connectivity index is 2.03. The topological polar surface area (TPSA) is 117 Å². The second-order valence-electron chi connectivity index (χ2n) is 5.38. The van der Waals surface area contributed by atoms with Crippen molar-refractivity contribution < 1.29 is 19.8 Å². The zero-order chi connectivity index (χ0) is 15.7. The lowest BCUT2D eigenvalue weighted by molar-refractivity contribution is -0.135. The summed E-state index contributed by atoms with van der Waals surface area (Å²) in [6.07, 6.45) is 5.60. The molecular formula is C14H16N4O4. The molecule has 1 fully saturated rings. The summed E-state index contributed by atoms with van der Waals surface area (Å²) in [6.45, 7) is -0.525. The van der Waals surface area contributed by atoms with Gasteiger partial charge in [0.25, 0.3) is 5.91 Å². The normalized spacial score (nSPS) is 15.3. The lowest BCUT2D eigenvalue weighted by Crippen LogP contribution is -2.30. The third-order valence-corrected chi connectivity index (χ3v) is 3.96. The van der Waals surface area contributed by atoms with Crippen molar-refractivity contribution in [2.75, 3.05) is 6.54 Å². The molecule has 0 atom stereocenters. The summed E-state index contributed by atoms with van der Waals surface area (Å²) in [5, 5.41) is 25.2. The molecule has 0 unspecified atom stereocenters. The van der Waals surface area contributed by atoms with Gasteiger partial charge in [0.2, 0.25) is 0 Å². The maximum atomic E-state index is 12.1. The number of amides is 1. The molecule has 0 saturated heterocycles. The Bertz CT molecular complexity index is 734. The molecule has 1 amide bonds. The highest BCUT2D eigenvalue weighted by molar-refractivity contribution is 6.03. The lowest BCUT2D eigenvalue weighted by Gasteiger charge is -2.14. The molecule has 116 valence electrons. The Hall–Kier alpha value is -2.64. The molecule has 0 spiro atoms. The minimum Gasteiger partial charge on any atom is -0.507 e. The number of aromatic hydroxyl groups is 1. The van der Waals surface area contributed by atoms with Crippen LogP contribution in [-0.2, 0) is 4.79 Å². The van der Waals surface area contributed by atoms with E-state index in [0.717, 1.165) is 31.4 Å². The average Bonchev–Trinajstić information content (AvgIpc) is 3.14. The smallest absolute Gasteiger partial charge is 0.322 e. The minimum atomic E-state index is -1.16. The van der Waals surface area contributed by atoms with Gasteiger partial charge in [0, 0.05) is 12.0 Å². The number of fused-ring (bicyclic) bond motifs is 1. The van der Waals surface area contributed by atoms with Gasteiger partial charge in [0.05, 0.1) is 5.69 Å². The molecule has 2 aromatic heterocycles. The van der Waals surface area contributed by atoms with Crippen LogP contribution in [0, 0.1) is 0 Å². The van der Waals surface area contributed by atoms with Gasteiger partial charge in [-0.1, -0.05) is 12.8 Å². The van der Waals surface area contributed by atoms with Gasteiger partial charge in [-0.2, -0.15) is 5.10 Å². The molecule has 1 aliphatic carbocycles. The van der Waals surface area contributed by atoms with Crippen molar-refractivity contribution >= 4 is 17.5 Å². The molecule has 22 heavy (non-hydrogen) atoms. The fourth-order valence-corrected chi connectivity index (χ4v) is 2.96. The molecular weight excluding hydrogens is 288 g/mol. The van der Waals surface area contributed by atoms with Gasteiger partial charge in [0.1, 0.15) is 24.2 Å². The number of aliphatic carboxylic acids is 1. The number of carboxylic acids is 1. The molecule has 2 aromatic rings. The number of hydrogen-bond acceptors (Lipinski definition) is 5.